The quantitative estimate of drug-likeness (QED) is 0.833. The molecule has 1 N–H and O–H groups in total. The van der Waals surface area contributed by atoms with Gasteiger partial charge in [0.1, 0.15) is 0 Å². The Kier molecular flexibility index (Phi) is 4.05. The fraction of sp³-hybridized carbons (Fsp3) is 0.538. The number of carboxylic acids is 1. The first-order valence-electron chi connectivity index (χ1n) is 6.00. The van der Waals surface area contributed by atoms with E-state index in [1.807, 2.05) is 6.07 Å². The van der Waals surface area contributed by atoms with Crippen LogP contribution in [0.3, 0.4) is 0 Å². The Morgan fingerprint density at radius 2 is 2.18 bits per heavy atom. The van der Waals surface area contributed by atoms with E-state index in [4.69, 9.17) is 5.11 Å². The molecule has 1 aliphatic rings. The molecule has 0 amide bonds. The summed E-state index contributed by atoms with van der Waals surface area (Å²) in [6, 6.07) is 3.47. The molecule has 0 atom stereocenters. The zero-order valence-electron chi connectivity index (χ0n) is 9.98. The first kappa shape index (κ1) is 12.4. The van der Waals surface area contributed by atoms with Crippen molar-refractivity contribution in [3.63, 3.8) is 0 Å². The lowest BCUT2D eigenvalue weighted by atomic mass is 10.1. The smallest absolute Gasteiger partial charge is 0.337 e. The van der Waals surface area contributed by atoms with Gasteiger partial charge in [-0.3, -0.25) is 0 Å². The van der Waals surface area contributed by atoms with E-state index in [-0.39, 0.29) is 0 Å². The molecule has 0 aliphatic heterocycles. The van der Waals surface area contributed by atoms with Gasteiger partial charge in [0, 0.05) is 5.75 Å². The molecule has 1 saturated carbocycles. The SMILES string of the molecule is Cc1nc(SCC2CCCC2)ccc1C(=O)O. The van der Waals surface area contributed by atoms with E-state index in [0.717, 1.165) is 16.7 Å². The summed E-state index contributed by atoms with van der Waals surface area (Å²) in [6.07, 6.45) is 5.38. The summed E-state index contributed by atoms with van der Waals surface area (Å²) < 4.78 is 0. The van der Waals surface area contributed by atoms with E-state index in [2.05, 4.69) is 4.98 Å². The number of hydrogen-bond acceptors (Lipinski definition) is 3. The molecule has 1 aromatic rings. The van der Waals surface area contributed by atoms with Gasteiger partial charge in [0.15, 0.2) is 0 Å². The number of nitrogens with zero attached hydrogens (tertiary/aromatic N) is 1. The average Bonchev–Trinajstić information content (AvgIpc) is 2.78. The highest BCUT2D eigenvalue weighted by Crippen LogP contribution is 2.30. The van der Waals surface area contributed by atoms with E-state index >= 15 is 0 Å². The minimum atomic E-state index is -0.901. The number of carbonyl (C=O) groups is 1. The predicted molar refractivity (Wildman–Crippen MR) is 68.6 cm³/mol. The molecule has 1 heterocycles. The maximum absolute atomic E-state index is 10.9. The summed E-state index contributed by atoms with van der Waals surface area (Å²) in [5.74, 6) is 1.03. The minimum absolute atomic E-state index is 0.301. The van der Waals surface area contributed by atoms with Crippen molar-refractivity contribution in [2.24, 2.45) is 5.92 Å². The number of pyridine rings is 1. The second-order valence-corrected chi connectivity index (χ2v) is 5.59. The van der Waals surface area contributed by atoms with Crippen molar-refractivity contribution in [2.45, 2.75) is 37.6 Å². The molecule has 0 unspecified atom stereocenters. The Morgan fingerprint density at radius 3 is 2.76 bits per heavy atom. The maximum Gasteiger partial charge on any atom is 0.337 e. The fourth-order valence-electron chi connectivity index (χ4n) is 2.22. The molecule has 1 aromatic heterocycles. The van der Waals surface area contributed by atoms with Gasteiger partial charge in [0.25, 0.3) is 0 Å². The Balaban J connectivity index is 1.97. The molecule has 4 heteroatoms. The van der Waals surface area contributed by atoms with E-state index in [9.17, 15) is 4.79 Å². The van der Waals surface area contributed by atoms with Crippen LogP contribution in [0, 0.1) is 12.8 Å². The van der Waals surface area contributed by atoms with Crippen LogP contribution in [0.15, 0.2) is 17.2 Å². The summed E-state index contributed by atoms with van der Waals surface area (Å²) in [4.78, 5) is 15.2. The van der Waals surface area contributed by atoms with Gasteiger partial charge in [-0.05, 0) is 37.8 Å². The van der Waals surface area contributed by atoms with Gasteiger partial charge in [-0.1, -0.05) is 12.8 Å². The van der Waals surface area contributed by atoms with Crippen molar-refractivity contribution in [2.75, 3.05) is 5.75 Å². The molecule has 0 aromatic carbocycles. The predicted octanol–water partition coefficient (Wildman–Crippen LogP) is 3.37. The first-order valence-corrected chi connectivity index (χ1v) is 6.99. The second kappa shape index (κ2) is 5.54. The lowest BCUT2D eigenvalue weighted by Gasteiger charge is -2.08. The summed E-state index contributed by atoms with van der Waals surface area (Å²) in [5, 5.41) is 9.86. The van der Waals surface area contributed by atoms with Gasteiger partial charge < -0.3 is 5.11 Å². The van der Waals surface area contributed by atoms with Gasteiger partial charge >= 0.3 is 5.97 Å². The van der Waals surface area contributed by atoms with Gasteiger partial charge in [-0.25, -0.2) is 9.78 Å². The van der Waals surface area contributed by atoms with Crippen LogP contribution in [0.1, 0.15) is 41.7 Å². The Hall–Kier alpha value is -1.03. The van der Waals surface area contributed by atoms with Crippen molar-refractivity contribution in [1.82, 2.24) is 4.98 Å². The van der Waals surface area contributed by atoms with Crippen LogP contribution in [0.25, 0.3) is 0 Å². The fourth-order valence-corrected chi connectivity index (χ4v) is 3.33. The highest BCUT2D eigenvalue weighted by Gasteiger charge is 2.16. The number of hydrogen-bond donors (Lipinski definition) is 1. The number of carboxylic acid groups (broad SMARTS) is 1. The average molecular weight is 251 g/mol. The highest BCUT2D eigenvalue weighted by molar-refractivity contribution is 7.99. The van der Waals surface area contributed by atoms with Gasteiger partial charge in [0.05, 0.1) is 16.3 Å². The van der Waals surface area contributed by atoms with Crippen molar-refractivity contribution in [1.29, 1.82) is 0 Å². The summed E-state index contributed by atoms with van der Waals surface area (Å²) in [5.41, 5.74) is 0.907. The summed E-state index contributed by atoms with van der Waals surface area (Å²) >= 11 is 1.75. The zero-order valence-corrected chi connectivity index (χ0v) is 10.8. The largest absolute Gasteiger partial charge is 0.478 e. The molecule has 0 radical (unpaired) electrons. The van der Waals surface area contributed by atoms with E-state index in [0.29, 0.717) is 11.3 Å². The van der Waals surface area contributed by atoms with Crippen molar-refractivity contribution < 1.29 is 9.90 Å². The number of aromatic carboxylic acids is 1. The highest BCUT2D eigenvalue weighted by atomic mass is 32.2. The molecular formula is C13H17NO2S. The summed E-state index contributed by atoms with van der Waals surface area (Å²) in [6.45, 7) is 1.75. The van der Waals surface area contributed by atoms with Crippen LogP contribution in [-0.2, 0) is 0 Å². The van der Waals surface area contributed by atoms with E-state index in [1.54, 1.807) is 24.8 Å². The second-order valence-electron chi connectivity index (χ2n) is 4.55. The van der Waals surface area contributed by atoms with Gasteiger partial charge in [-0.15, -0.1) is 11.8 Å². The molecule has 17 heavy (non-hydrogen) atoms. The Bertz CT molecular complexity index is 414. The van der Waals surface area contributed by atoms with Gasteiger partial charge in [0.2, 0.25) is 0 Å². The third-order valence-electron chi connectivity index (χ3n) is 3.23. The molecule has 3 nitrogen and oxygen atoms in total. The Morgan fingerprint density at radius 1 is 1.47 bits per heavy atom. The number of aryl methyl sites for hydroxylation is 1. The van der Waals surface area contributed by atoms with Crippen LogP contribution < -0.4 is 0 Å². The summed E-state index contributed by atoms with van der Waals surface area (Å²) in [7, 11) is 0. The zero-order chi connectivity index (χ0) is 12.3. The lowest BCUT2D eigenvalue weighted by Crippen LogP contribution is -2.03. The maximum atomic E-state index is 10.9. The molecule has 1 fully saturated rings. The molecular weight excluding hydrogens is 234 g/mol. The molecule has 2 rings (SSSR count). The van der Waals surface area contributed by atoms with Crippen LogP contribution in [0.5, 0.6) is 0 Å². The topological polar surface area (TPSA) is 50.2 Å². The molecule has 1 aliphatic carbocycles. The molecule has 92 valence electrons. The van der Waals surface area contributed by atoms with E-state index in [1.165, 1.54) is 25.7 Å². The number of aromatic nitrogens is 1. The van der Waals surface area contributed by atoms with Crippen LogP contribution in [-0.4, -0.2) is 21.8 Å². The standard InChI is InChI=1S/C13H17NO2S/c1-9-11(13(15)16)6-7-12(14-9)17-8-10-4-2-3-5-10/h6-7,10H,2-5,8H2,1H3,(H,15,16). The normalized spacial score (nSPS) is 16.3. The van der Waals surface area contributed by atoms with Crippen molar-refractivity contribution >= 4 is 17.7 Å². The third-order valence-corrected chi connectivity index (χ3v) is 4.39. The van der Waals surface area contributed by atoms with Crippen molar-refractivity contribution in [3.05, 3.63) is 23.4 Å². The van der Waals surface area contributed by atoms with Crippen LogP contribution >= 0.6 is 11.8 Å². The van der Waals surface area contributed by atoms with Crippen LogP contribution in [0.4, 0.5) is 0 Å². The molecule has 0 bridgehead atoms. The monoisotopic (exact) mass is 251 g/mol. The van der Waals surface area contributed by atoms with Crippen molar-refractivity contribution in [3.8, 4) is 0 Å². The molecule has 0 saturated heterocycles. The minimum Gasteiger partial charge on any atom is -0.478 e. The van der Waals surface area contributed by atoms with Crippen LogP contribution in [0.2, 0.25) is 0 Å². The molecule has 0 spiro atoms. The Labute approximate surface area is 106 Å². The third kappa shape index (κ3) is 3.22. The van der Waals surface area contributed by atoms with Gasteiger partial charge in [-0.2, -0.15) is 0 Å². The van der Waals surface area contributed by atoms with E-state index < -0.39 is 5.97 Å². The number of thioether (sulfide) groups is 1. The first-order chi connectivity index (χ1) is 8.16. The lowest BCUT2D eigenvalue weighted by molar-refractivity contribution is 0.0695. The number of rotatable bonds is 4.